The van der Waals surface area contributed by atoms with Gasteiger partial charge < -0.3 is 14.3 Å². The van der Waals surface area contributed by atoms with Gasteiger partial charge >= 0.3 is 0 Å². The van der Waals surface area contributed by atoms with Crippen LogP contribution in [-0.4, -0.2) is 19.1 Å². The summed E-state index contributed by atoms with van der Waals surface area (Å²) in [5, 5.41) is 13.4. The highest BCUT2D eigenvalue weighted by Gasteiger charge is 2.35. The predicted molar refractivity (Wildman–Crippen MR) is 76.4 cm³/mol. The van der Waals surface area contributed by atoms with Crippen LogP contribution >= 0.6 is 15.9 Å². The Morgan fingerprint density at radius 2 is 2.05 bits per heavy atom. The normalized spacial score (nSPS) is 13.5. The third-order valence-corrected chi connectivity index (χ3v) is 3.76. The highest BCUT2D eigenvalue weighted by Crippen LogP contribution is 2.46. The number of nitro groups is 1. The summed E-state index contributed by atoms with van der Waals surface area (Å²) in [6, 6.07) is 1.59. The minimum absolute atomic E-state index is 0.0980. The standard InChI is InChI=1S/C12H11BrN2O6/c1-19-9-5-7(13)11(20-2)6-3-4-8(15(17)18)12(10(6)9)21-14-16/h5H,3-4H2,1-2H3. The zero-order valence-corrected chi connectivity index (χ0v) is 12.8. The molecule has 0 saturated heterocycles. The summed E-state index contributed by atoms with van der Waals surface area (Å²) in [4.78, 5) is 25.6. The van der Waals surface area contributed by atoms with E-state index in [1.165, 1.54) is 14.2 Å². The number of hydrogen-bond donors (Lipinski definition) is 0. The molecule has 0 heterocycles. The van der Waals surface area contributed by atoms with Crippen molar-refractivity contribution in [3.05, 3.63) is 42.4 Å². The van der Waals surface area contributed by atoms with Crippen LogP contribution in [0.3, 0.4) is 0 Å². The van der Waals surface area contributed by atoms with Crippen molar-refractivity contribution in [2.24, 2.45) is 5.34 Å². The third kappa shape index (κ3) is 2.56. The summed E-state index contributed by atoms with van der Waals surface area (Å²) in [6.07, 6.45) is 0.456. The Kier molecular flexibility index (Phi) is 4.41. The summed E-state index contributed by atoms with van der Waals surface area (Å²) < 4.78 is 11.2. The van der Waals surface area contributed by atoms with E-state index in [4.69, 9.17) is 9.47 Å². The summed E-state index contributed by atoms with van der Waals surface area (Å²) in [7, 11) is 2.90. The van der Waals surface area contributed by atoms with Crippen LogP contribution < -0.4 is 9.47 Å². The van der Waals surface area contributed by atoms with Crippen molar-refractivity contribution in [2.75, 3.05) is 14.2 Å². The molecule has 0 atom stereocenters. The van der Waals surface area contributed by atoms with Gasteiger partial charge in [0, 0.05) is 12.0 Å². The first-order valence-corrected chi connectivity index (χ1v) is 6.65. The highest BCUT2D eigenvalue weighted by atomic mass is 79.9. The first-order valence-electron chi connectivity index (χ1n) is 5.86. The van der Waals surface area contributed by atoms with Gasteiger partial charge in [0.05, 0.1) is 29.2 Å². The molecule has 0 unspecified atom stereocenters. The summed E-state index contributed by atoms with van der Waals surface area (Å²) in [5.74, 6) is 0.634. The van der Waals surface area contributed by atoms with Gasteiger partial charge in [-0.1, -0.05) is 0 Å². The largest absolute Gasteiger partial charge is 0.496 e. The van der Waals surface area contributed by atoms with Crippen molar-refractivity contribution < 1.29 is 19.2 Å². The second-order valence-electron chi connectivity index (χ2n) is 4.15. The fourth-order valence-electron chi connectivity index (χ4n) is 2.34. The molecule has 21 heavy (non-hydrogen) atoms. The summed E-state index contributed by atoms with van der Waals surface area (Å²) in [5.41, 5.74) is 0.757. The lowest BCUT2D eigenvalue weighted by atomic mass is 9.92. The maximum Gasteiger partial charge on any atom is 0.292 e. The van der Waals surface area contributed by atoms with Crippen LogP contribution in [0.5, 0.6) is 11.5 Å². The van der Waals surface area contributed by atoms with Crippen molar-refractivity contribution >= 4 is 21.7 Å². The lowest BCUT2D eigenvalue weighted by Crippen LogP contribution is -2.14. The predicted octanol–water partition coefficient (Wildman–Crippen LogP) is 3.06. The average molecular weight is 359 g/mol. The molecule has 0 fully saturated rings. The van der Waals surface area contributed by atoms with Crippen molar-refractivity contribution in [3.63, 3.8) is 0 Å². The molecule has 0 radical (unpaired) electrons. The van der Waals surface area contributed by atoms with Crippen LogP contribution in [0.1, 0.15) is 17.5 Å². The Bertz CT molecular complexity index is 643. The smallest absolute Gasteiger partial charge is 0.292 e. The van der Waals surface area contributed by atoms with Crippen LogP contribution in [0.4, 0.5) is 0 Å². The van der Waals surface area contributed by atoms with E-state index >= 15 is 0 Å². The van der Waals surface area contributed by atoms with Gasteiger partial charge in [0.25, 0.3) is 5.70 Å². The van der Waals surface area contributed by atoms with E-state index in [0.29, 0.717) is 33.5 Å². The van der Waals surface area contributed by atoms with Crippen LogP contribution in [0, 0.1) is 15.0 Å². The topological polar surface area (TPSA) is 100 Å². The van der Waals surface area contributed by atoms with Crippen LogP contribution in [0.15, 0.2) is 21.6 Å². The number of rotatable bonds is 5. The van der Waals surface area contributed by atoms with Gasteiger partial charge in [-0.05, 0) is 28.4 Å². The Hall–Kier alpha value is -2.16. The molecule has 1 aromatic rings. The number of fused-ring (bicyclic) bond motifs is 1. The number of allylic oxidation sites excluding steroid dienone is 1. The lowest BCUT2D eigenvalue weighted by molar-refractivity contribution is -0.428. The molecule has 2 rings (SSSR count). The minimum Gasteiger partial charge on any atom is -0.496 e. The zero-order valence-electron chi connectivity index (χ0n) is 11.2. The van der Waals surface area contributed by atoms with Gasteiger partial charge in [-0.15, -0.1) is 4.91 Å². The molecule has 1 aromatic carbocycles. The molecule has 0 amide bonds. The Balaban J connectivity index is 2.80. The van der Waals surface area contributed by atoms with E-state index in [9.17, 15) is 15.0 Å². The molecule has 0 N–H and O–H groups in total. The Morgan fingerprint density at radius 3 is 2.57 bits per heavy atom. The van der Waals surface area contributed by atoms with Gasteiger partial charge in [-0.3, -0.25) is 10.1 Å². The van der Waals surface area contributed by atoms with E-state index in [-0.39, 0.29) is 17.9 Å². The van der Waals surface area contributed by atoms with Gasteiger partial charge in [0.2, 0.25) is 5.76 Å². The van der Waals surface area contributed by atoms with Crippen molar-refractivity contribution in [3.8, 4) is 11.5 Å². The number of nitrogens with zero attached hydrogens (tertiary/aromatic N) is 2. The van der Waals surface area contributed by atoms with E-state index < -0.39 is 4.92 Å². The van der Waals surface area contributed by atoms with Crippen LogP contribution in [0.25, 0.3) is 5.76 Å². The number of benzene rings is 1. The van der Waals surface area contributed by atoms with E-state index in [1.807, 2.05) is 0 Å². The molecule has 8 nitrogen and oxygen atoms in total. The SMILES string of the molecule is COc1cc(Br)c(OC)c2c1C(ON=O)=C([N+](=O)[O-])CC2. The molecular formula is C12H11BrN2O6. The number of hydrogen-bond acceptors (Lipinski definition) is 7. The fraction of sp³-hybridized carbons (Fsp3) is 0.333. The second kappa shape index (κ2) is 6.08. The highest BCUT2D eigenvalue weighted by molar-refractivity contribution is 9.10. The zero-order chi connectivity index (χ0) is 15.6. The van der Waals surface area contributed by atoms with Crippen LogP contribution in [-0.2, 0) is 11.3 Å². The van der Waals surface area contributed by atoms with Crippen molar-refractivity contribution in [2.45, 2.75) is 12.8 Å². The molecule has 112 valence electrons. The van der Waals surface area contributed by atoms with Crippen molar-refractivity contribution in [1.82, 2.24) is 0 Å². The first-order chi connectivity index (χ1) is 10.0. The van der Waals surface area contributed by atoms with Gasteiger partial charge in [0.15, 0.2) is 5.34 Å². The maximum absolute atomic E-state index is 11.1. The number of halogens is 1. The summed E-state index contributed by atoms with van der Waals surface area (Å²) >= 11 is 3.35. The van der Waals surface area contributed by atoms with Gasteiger partial charge in [-0.25, -0.2) is 0 Å². The molecule has 0 aliphatic heterocycles. The third-order valence-electron chi connectivity index (χ3n) is 3.17. The molecular weight excluding hydrogens is 348 g/mol. The minimum atomic E-state index is -0.586. The number of ether oxygens (including phenoxy) is 2. The van der Waals surface area contributed by atoms with Gasteiger partial charge in [0.1, 0.15) is 11.5 Å². The second-order valence-corrected chi connectivity index (χ2v) is 5.00. The summed E-state index contributed by atoms with van der Waals surface area (Å²) in [6.45, 7) is 0. The molecule has 0 spiro atoms. The lowest BCUT2D eigenvalue weighted by Gasteiger charge is -2.21. The Morgan fingerprint density at radius 1 is 1.33 bits per heavy atom. The van der Waals surface area contributed by atoms with Gasteiger partial charge in [-0.2, -0.15) is 0 Å². The monoisotopic (exact) mass is 358 g/mol. The quantitative estimate of drug-likeness (QED) is 0.455. The molecule has 0 saturated carbocycles. The van der Waals surface area contributed by atoms with E-state index in [1.54, 1.807) is 6.07 Å². The fourth-order valence-corrected chi connectivity index (χ4v) is 2.95. The Labute approximate surface area is 127 Å². The van der Waals surface area contributed by atoms with Crippen LogP contribution in [0.2, 0.25) is 0 Å². The van der Waals surface area contributed by atoms with E-state index in [2.05, 4.69) is 26.1 Å². The molecule has 9 heteroatoms. The molecule has 0 aromatic heterocycles. The molecule has 1 aliphatic carbocycles. The maximum atomic E-state index is 11.1. The van der Waals surface area contributed by atoms with E-state index in [0.717, 1.165) is 0 Å². The molecule has 1 aliphatic rings. The average Bonchev–Trinajstić information content (AvgIpc) is 2.46. The number of methoxy groups -OCH3 is 2. The molecule has 0 bridgehead atoms. The van der Waals surface area contributed by atoms with Crippen molar-refractivity contribution in [1.29, 1.82) is 0 Å². The first kappa shape index (κ1) is 15.2.